The average molecular weight is 257 g/mol. The van der Waals surface area contributed by atoms with Crippen LogP contribution in [0.4, 0.5) is 5.95 Å². The number of aliphatic hydroxyl groups excluding tert-OH is 1. The van der Waals surface area contributed by atoms with E-state index in [-0.39, 0.29) is 6.61 Å². The molecule has 0 amide bonds. The van der Waals surface area contributed by atoms with Gasteiger partial charge in [0.1, 0.15) is 5.01 Å². The lowest BCUT2D eigenvalue weighted by molar-refractivity contribution is 0.277. The number of rotatable bonds is 4. The van der Waals surface area contributed by atoms with Crippen LogP contribution >= 0.6 is 22.9 Å². The normalized spacial score (nSPS) is 10.4. The van der Waals surface area contributed by atoms with Crippen molar-refractivity contribution >= 4 is 28.9 Å². The zero-order valence-electron chi connectivity index (χ0n) is 8.22. The van der Waals surface area contributed by atoms with Gasteiger partial charge in [0.2, 0.25) is 5.95 Å². The minimum absolute atomic E-state index is 0.0338. The van der Waals surface area contributed by atoms with E-state index >= 15 is 0 Å². The Balaban J connectivity index is 1.94. The maximum atomic E-state index is 8.85. The third kappa shape index (κ3) is 2.88. The molecule has 0 atom stereocenters. The van der Waals surface area contributed by atoms with Gasteiger partial charge in [0.05, 0.1) is 36.3 Å². The van der Waals surface area contributed by atoms with Gasteiger partial charge in [-0.1, -0.05) is 11.6 Å². The Bertz CT molecular complexity index is 459. The molecule has 5 nitrogen and oxygen atoms in total. The molecule has 0 radical (unpaired) electrons. The number of anilines is 1. The van der Waals surface area contributed by atoms with E-state index in [1.54, 1.807) is 0 Å². The molecule has 16 heavy (non-hydrogen) atoms. The van der Waals surface area contributed by atoms with E-state index in [4.69, 9.17) is 16.7 Å². The summed E-state index contributed by atoms with van der Waals surface area (Å²) in [5, 5.41) is 15.1. The van der Waals surface area contributed by atoms with E-state index in [9.17, 15) is 0 Å². The summed E-state index contributed by atoms with van der Waals surface area (Å²) in [7, 11) is 0. The monoisotopic (exact) mass is 256 g/mol. The molecule has 84 valence electrons. The highest BCUT2D eigenvalue weighted by atomic mass is 35.5. The fraction of sp³-hybridized carbons (Fsp3) is 0.222. The number of hydrogen-bond acceptors (Lipinski definition) is 6. The van der Waals surface area contributed by atoms with Gasteiger partial charge in [-0.05, 0) is 0 Å². The molecule has 0 unspecified atom stereocenters. The van der Waals surface area contributed by atoms with Gasteiger partial charge in [0.15, 0.2) is 0 Å². The second kappa shape index (κ2) is 5.20. The zero-order chi connectivity index (χ0) is 11.4. The zero-order valence-corrected chi connectivity index (χ0v) is 9.79. The van der Waals surface area contributed by atoms with E-state index < -0.39 is 0 Å². The van der Waals surface area contributed by atoms with Crippen molar-refractivity contribution < 1.29 is 5.11 Å². The molecule has 0 saturated carbocycles. The van der Waals surface area contributed by atoms with Crippen LogP contribution in [-0.2, 0) is 13.2 Å². The number of hydrogen-bond donors (Lipinski definition) is 2. The molecule has 0 aliphatic carbocycles. The van der Waals surface area contributed by atoms with Crippen LogP contribution in [0.3, 0.4) is 0 Å². The number of aliphatic hydroxyl groups is 1. The fourth-order valence-electron chi connectivity index (χ4n) is 1.06. The standard InChI is InChI=1S/C9H9ClN4OS/c10-6-1-11-9(12-2-6)13-3-8-14-7(4-15)5-16-8/h1-2,5,15H,3-4H2,(H,11,12,13). The molecule has 2 aromatic heterocycles. The van der Waals surface area contributed by atoms with Crippen LogP contribution in [-0.4, -0.2) is 20.1 Å². The number of nitrogens with zero attached hydrogens (tertiary/aromatic N) is 3. The molecule has 2 N–H and O–H groups in total. The molecule has 0 spiro atoms. The van der Waals surface area contributed by atoms with Gasteiger partial charge in [-0.2, -0.15) is 0 Å². The molecule has 2 aromatic rings. The first-order valence-corrected chi connectivity index (χ1v) is 5.79. The van der Waals surface area contributed by atoms with E-state index in [0.29, 0.717) is 23.2 Å². The summed E-state index contributed by atoms with van der Waals surface area (Å²) in [6.07, 6.45) is 3.05. The summed E-state index contributed by atoms with van der Waals surface area (Å²) in [5.41, 5.74) is 0.679. The van der Waals surface area contributed by atoms with E-state index in [1.807, 2.05) is 5.38 Å². The molecule has 0 aliphatic rings. The largest absolute Gasteiger partial charge is 0.390 e. The van der Waals surface area contributed by atoms with Crippen LogP contribution in [0.1, 0.15) is 10.7 Å². The highest BCUT2D eigenvalue weighted by Crippen LogP contribution is 2.11. The minimum Gasteiger partial charge on any atom is -0.390 e. The Kier molecular flexibility index (Phi) is 3.66. The second-order valence-corrected chi connectivity index (χ2v) is 4.35. The minimum atomic E-state index is -0.0338. The Hall–Kier alpha value is -1.24. The van der Waals surface area contributed by atoms with E-state index in [1.165, 1.54) is 23.7 Å². The lowest BCUT2D eigenvalue weighted by Crippen LogP contribution is -2.02. The molecule has 0 bridgehead atoms. The van der Waals surface area contributed by atoms with Crippen LogP contribution in [0.2, 0.25) is 5.02 Å². The summed E-state index contributed by atoms with van der Waals surface area (Å²) in [6.45, 7) is 0.500. The molecule has 2 rings (SSSR count). The van der Waals surface area contributed by atoms with E-state index in [0.717, 1.165) is 5.01 Å². The lowest BCUT2D eigenvalue weighted by Gasteiger charge is -2.00. The number of thiazole rings is 1. The summed E-state index contributed by atoms with van der Waals surface area (Å²) in [4.78, 5) is 12.2. The maximum absolute atomic E-state index is 8.85. The smallest absolute Gasteiger partial charge is 0.223 e. The molecule has 2 heterocycles. The quantitative estimate of drug-likeness (QED) is 0.871. The molecule has 0 aromatic carbocycles. The summed E-state index contributed by atoms with van der Waals surface area (Å²) in [6, 6.07) is 0. The van der Waals surface area contributed by atoms with Gasteiger partial charge in [-0.3, -0.25) is 0 Å². The molecule has 0 fully saturated rings. The van der Waals surface area contributed by atoms with Gasteiger partial charge in [0, 0.05) is 5.38 Å². The molecular formula is C9H9ClN4OS. The van der Waals surface area contributed by atoms with Crippen LogP contribution in [0.25, 0.3) is 0 Å². The summed E-state index contributed by atoms with van der Waals surface area (Å²) in [5.74, 6) is 0.505. The first-order valence-electron chi connectivity index (χ1n) is 4.53. The summed E-state index contributed by atoms with van der Waals surface area (Å²) < 4.78 is 0. The van der Waals surface area contributed by atoms with Crippen molar-refractivity contribution in [3.05, 3.63) is 33.5 Å². The van der Waals surface area contributed by atoms with Crippen molar-refractivity contribution in [2.45, 2.75) is 13.2 Å². The predicted molar refractivity (Wildman–Crippen MR) is 62.4 cm³/mol. The Morgan fingerprint density at radius 2 is 2.12 bits per heavy atom. The third-order valence-electron chi connectivity index (χ3n) is 1.78. The van der Waals surface area contributed by atoms with Crippen molar-refractivity contribution in [2.75, 3.05) is 5.32 Å². The topological polar surface area (TPSA) is 70.9 Å². The van der Waals surface area contributed by atoms with Gasteiger partial charge < -0.3 is 10.4 Å². The van der Waals surface area contributed by atoms with Gasteiger partial charge in [-0.15, -0.1) is 11.3 Å². The van der Waals surface area contributed by atoms with E-state index in [2.05, 4.69) is 20.3 Å². The lowest BCUT2D eigenvalue weighted by atomic mass is 10.5. The highest BCUT2D eigenvalue weighted by Gasteiger charge is 2.01. The Labute approximate surface area is 101 Å². The first kappa shape index (κ1) is 11.3. The molecular weight excluding hydrogens is 248 g/mol. The number of halogens is 1. The highest BCUT2D eigenvalue weighted by molar-refractivity contribution is 7.09. The van der Waals surface area contributed by atoms with Crippen molar-refractivity contribution in [3.8, 4) is 0 Å². The predicted octanol–water partition coefficient (Wildman–Crippen LogP) is 1.69. The summed E-state index contributed by atoms with van der Waals surface area (Å²) >= 11 is 7.14. The third-order valence-corrected chi connectivity index (χ3v) is 2.87. The van der Waals surface area contributed by atoms with Crippen LogP contribution in [0, 0.1) is 0 Å². The molecule has 0 saturated heterocycles. The second-order valence-electron chi connectivity index (χ2n) is 2.97. The average Bonchev–Trinajstić information content (AvgIpc) is 2.76. The van der Waals surface area contributed by atoms with Crippen molar-refractivity contribution in [3.63, 3.8) is 0 Å². The SMILES string of the molecule is OCc1csc(CNc2ncc(Cl)cn2)n1. The first-order chi connectivity index (χ1) is 7.78. The Morgan fingerprint density at radius 3 is 2.75 bits per heavy atom. The van der Waals surface area contributed by atoms with Crippen LogP contribution in [0.5, 0.6) is 0 Å². The fourth-order valence-corrected chi connectivity index (χ4v) is 1.88. The molecule has 7 heteroatoms. The van der Waals surface area contributed by atoms with Gasteiger partial charge in [0.25, 0.3) is 0 Å². The maximum Gasteiger partial charge on any atom is 0.223 e. The van der Waals surface area contributed by atoms with Crippen LogP contribution in [0.15, 0.2) is 17.8 Å². The van der Waals surface area contributed by atoms with Crippen molar-refractivity contribution in [1.29, 1.82) is 0 Å². The number of aromatic nitrogens is 3. The van der Waals surface area contributed by atoms with Crippen LogP contribution < -0.4 is 5.32 Å². The number of nitrogens with one attached hydrogen (secondary N) is 1. The van der Waals surface area contributed by atoms with Gasteiger partial charge >= 0.3 is 0 Å². The Morgan fingerprint density at radius 1 is 1.38 bits per heavy atom. The molecule has 0 aliphatic heterocycles. The van der Waals surface area contributed by atoms with Crippen molar-refractivity contribution in [2.24, 2.45) is 0 Å². The van der Waals surface area contributed by atoms with Gasteiger partial charge in [-0.25, -0.2) is 15.0 Å². The van der Waals surface area contributed by atoms with Crippen molar-refractivity contribution in [1.82, 2.24) is 15.0 Å².